The predicted octanol–water partition coefficient (Wildman–Crippen LogP) is 6.46. The van der Waals surface area contributed by atoms with Gasteiger partial charge in [-0.15, -0.1) is 0 Å². The zero-order chi connectivity index (χ0) is 28.3. The van der Waals surface area contributed by atoms with Gasteiger partial charge < -0.3 is 14.2 Å². The van der Waals surface area contributed by atoms with E-state index in [-0.39, 0.29) is 16.7 Å². The van der Waals surface area contributed by atoms with Crippen LogP contribution in [0, 0.1) is 17.5 Å². The van der Waals surface area contributed by atoms with E-state index in [1.165, 1.54) is 36.4 Å². The van der Waals surface area contributed by atoms with Crippen LogP contribution in [0.2, 0.25) is 0 Å². The first kappa shape index (κ1) is 27.1. The molecular formula is C30H21F3O6. The molecule has 198 valence electrons. The van der Waals surface area contributed by atoms with Gasteiger partial charge in [0.15, 0.2) is 0 Å². The van der Waals surface area contributed by atoms with Gasteiger partial charge in [0.05, 0.1) is 38.0 Å². The Morgan fingerprint density at radius 3 is 0.897 bits per heavy atom. The van der Waals surface area contributed by atoms with Gasteiger partial charge in [0.25, 0.3) is 0 Å². The number of carbonyl (C=O) groups is 3. The minimum atomic E-state index is -0.837. The number of halogens is 3. The molecule has 0 aromatic heterocycles. The van der Waals surface area contributed by atoms with Crippen molar-refractivity contribution >= 4 is 17.9 Å². The van der Waals surface area contributed by atoms with Gasteiger partial charge in [-0.2, -0.15) is 0 Å². The Morgan fingerprint density at radius 1 is 0.436 bits per heavy atom. The lowest BCUT2D eigenvalue weighted by Crippen LogP contribution is -2.04. The predicted molar refractivity (Wildman–Crippen MR) is 137 cm³/mol. The third-order valence-corrected chi connectivity index (χ3v) is 6.06. The number of hydrogen-bond acceptors (Lipinski definition) is 6. The van der Waals surface area contributed by atoms with Gasteiger partial charge in [-0.3, -0.25) is 0 Å². The second kappa shape index (κ2) is 11.2. The van der Waals surface area contributed by atoms with Gasteiger partial charge >= 0.3 is 17.9 Å². The van der Waals surface area contributed by atoms with Crippen LogP contribution in [0.4, 0.5) is 13.2 Å². The zero-order valence-corrected chi connectivity index (χ0v) is 21.0. The first-order valence-electron chi connectivity index (χ1n) is 11.5. The molecule has 9 heteroatoms. The largest absolute Gasteiger partial charge is 0.465 e. The van der Waals surface area contributed by atoms with Crippen molar-refractivity contribution < 1.29 is 41.8 Å². The summed E-state index contributed by atoms with van der Waals surface area (Å²) in [5.74, 6) is -4.95. The molecule has 0 radical (unpaired) electrons. The fourth-order valence-corrected chi connectivity index (χ4v) is 4.04. The van der Waals surface area contributed by atoms with Crippen LogP contribution >= 0.6 is 0 Å². The van der Waals surface area contributed by atoms with E-state index in [0.29, 0.717) is 33.4 Å². The SMILES string of the molecule is COC(=O)c1ccc(-c2cc(-c3ccc(C(=O)OC)c(F)c3)cc(-c3ccc(C(=O)OC)c(F)c3)c2)cc1F. The fourth-order valence-electron chi connectivity index (χ4n) is 4.04. The summed E-state index contributed by atoms with van der Waals surface area (Å²) in [6.07, 6.45) is 0. The Hall–Kier alpha value is -4.92. The van der Waals surface area contributed by atoms with Crippen LogP contribution in [0.25, 0.3) is 33.4 Å². The Morgan fingerprint density at radius 2 is 0.692 bits per heavy atom. The van der Waals surface area contributed by atoms with Crippen molar-refractivity contribution in [3.8, 4) is 33.4 Å². The summed E-state index contributed by atoms with van der Waals surface area (Å²) in [6, 6.07) is 16.8. The molecule has 0 aliphatic heterocycles. The van der Waals surface area contributed by atoms with Crippen molar-refractivity contribution in [3.63, 3.8) is 0 Å². The van der Waals surface area contributed by atoms with Crippen LogP contribution in [0.5, 0.6) is 0 Å². The summed E-state index contributed by atoms with van der Waals surface area (Å²) < 4.78 is 58.0. The van der Waals surface area contributed by atoms with Crippen LogP contribution in [0.1, 0.15) is 31.1 Å². The number of carbonyl (C=O) groups excluding carboxylic acids is 3. The molecular weight excluding hydrogens is 513 g/mol. The highest BCUT2D eigenvalue weighted by atomic mass is 19.1. The summed E-state index contributed by atoms with van der Waals surface area (Å²) in [6.45, 7) is 0. The van der Waals surface area contributed by atoms with Crippen LogP contribution in [-0.4, -0.2) is 39.2 Å². The van der Waals surface area contributed by atoms with Crippen LogP contribution < -0.4 is 0 Å². The molecule has 39 heavy (non-hydrogen) atoms. The van der Waals surface area contributed by atoms with E-state index in [1.54, 1.807) is 18.2 Å². The number of benzene rings is 4. The van der Waals surface area contributed by atoms with Crippen LogP contribution in [0.15, 0.2) is 72.8 Å². The molecule has 0 saturated heterocycles. The molecule has 4 rings (SSSR count). The van der Waals surface area contributed by atoms with E-state index in [9.17, 15) is 27.6 Å². The van der Waals surface area contributed by atoms with Crippen molar-refractivity contribution in [2.75, 3.05) is 21.3 Å². The third kappa shape index (κ3) is 5.52. The first-order valence-corrected chi connectivity index (χ1v) is 11.5. The molecule has 0 bridgehead atoms. The van der Waals surface area contributed by atoms with Gasteiger partial charge in [0, 0.05) is 0 Å². The van der Waals surface area contributed by atoms with Gasteiger partial charge in [0.1, 0.15) is 17.5 Å². The molecule has 0 N–H and O–H groups in total. The molecule has 0 heterocycles. The molecule has 0 saturated carbocycles. The maximum Gasteiger partial charge on any atom is 0.340 e. The smallest absolute Gasteiger partial charge is 0.340 e. The van der Waals surface area contributed by atoms with Gasteiger partial charge in [-0.05, 0) is 88.0 Å². The maximum absolute atomic E-state index is 14.7. The normalized spacial score (nSPS) is 10.6. The van der Waals surface area contributed by atoms with E-state index in [0.717, 1.165) is 39.5 Å². The van der Waals surface area contributed by atoms with Crippen LogP contribution in [-0.2, 0) is 14.2 Å². The molecule has 0 aliphatic carbocycles. The van der Waals surface area contributed by atoms with Crippen LogP contribution in [0.3, 0.4) is 0 Å². The summed E-state index contributed by atoms with van der Waals surface area (Å²) in [4.78, 5) is 35.5. The summed E-state index contributed by atoms with van der Waals surface area (Å²) in [7, 11) is 3.42. The quantitative estimate of drug-likeness (QED) is 0.209. The van der Waals surface area contributed by atoms with Crippen molar-refractivity contribution in [1.29, 1.82) is 0 Å². The van der Waals surface area contributed by atoms with Crippen molar-refractivity contribution in [2.45, 2.75) is 0 Å². The molecule has 0 amide bonds. The molecule has 4 aromatic rings. The second-order valence-corrected chi connectivity index (χ2v) is 8.36. The molecule has 0 aliphatic rings. The molecule has 0 unspecified atom stereocenters. The van der Waals surface area contributed by atoms with E-state index in [4.69, 9.17) is 0 Å². The van der Waals surface area contributed by atoms with E-state index >= 15 is 0 Å². The average Bonchev–Trinajstić information content (AvgIpc) is 2.95. The van der Waals surface area contributed by atoms with Gasteiger partial charge in [-0.1, -0.05) is 18.2 Å². The topological polar surface area (TPSA) is 78.9 Å². The Bertz CT molecular complexity index is 1410. The fraction of sp³-hybridized carbons (Fsp3) is 0.100. The highest BCUT2D eigenvalue weighted by Gasteiger charge is 2.18. The minimum absolute atomic E-state index is 0.251. The molecule has 4 aromatic carbocycles. The number of esters is 3. The number of rotatable bonds is 6. The average molecular weight is 534 g/mol. The van der Waals surface area contributed by atoms with Gasteiger partial charge in [-0.25, -0.2) is 27.6 Å². The lowest BCUT2D eigenvalue weighted by atomic mass is 9.92. The molecule has 0 spiro atoms. The second-order valence-electron chi connectivity index (χ2n) is 8.36. The van der Waals surface area contributed by atoms with Crippen molar-refractivity contribution in [1.82, 2.24) is 0 Å². The maximum atomic E-state index is 14.7. The third-order valence-electron chi connectivity index (χ3n) is 6.06. The molecule has 6 nitrogen and oxygen atoms in total. The summed E-state index contributed by atoms with van der Waals surface area (Å²) >= 11 is 0. The monoisotopic (exact) mass is 534 g/mol. The lowest BCUT2D eigenvalue weighted by molar-refractivity contribution is 0.0586. The Balaban J connectivity index is 1.89. The zero-order valence-electron chi connectivity index (χ0n) is 21.0. The number of hydrogen-bond donors (Lipinski definition) is 0. The first-order chi connectivity index (χ1) is 18.7. The van der Waals surface area contributed by atoms with E-state index in [1.807, 2.05) is 0 Å². The van der Waals surface area contributed by atoms with Crippen molar-refractivity contribution in [3.05, 3.63) is 107 Å². The minimum Gasteiger partial charge on any atom is -0.465 e. The Labute approximate surface area is 221 Å². The number of ether oxygens (including phenoxy) is 3. The summed E-state index contributed by atoms with van der Waals surface area (Å²) in [5.41, 5.74) is 1.77. The van der Waals surface area contributed by atoms with E-state index < -0.39 is 35.4 Å². The highest BCUT2D eigenvalue weighted by molar-refractivity contribution is 5.93. The standard InChI is InChI=1S/C30H21F3O6/c1-37-28(34)22-7-4-16(13-25(22)31)19-10-20(17-5-8-23(26(32)14-17)29(35)38-2)12-21(11-19)18-6-9-24(27(33)15-18)30(36)39-3/h4-15H,1-3H3. The number of methoxy groups -OCH3 is 3. The van der Waals surface area contributed by atoms with Gasteiger partial charge in [0.2, 0.25) is 0 Å². The Kier molecular flexibility index (Phi) is 7.80. The highest BCUT2D eigenvalue weighted by Crippen LogP contribution is 2.35. The lowest BCUT2D eigenvalue weighted by Gasteiger charge is -2.13. The molecule has 0 atom stereocenters. The molecule has 0 fully saturated rings. The van der Waals surface area contributed by atoms with E-state index in [2.05, 4.69) is 14.2 Å². The summed E-state index contributed by atoms with van der Waals surface area (Å²) in [5, 5.41) is 0. The van der Waals surface area contributed by atoms with Crippen molar-refractivity contribution in [2.24, 2.45) is 0 Å².